The highest BCUT2D eigenvalue weighted by Crippen LogP contribution is 2.30. The number of halogens is 3. The summed E-state index contributed by atoms with van der Waals surface area (Å²) in [5, 5.41) is 3.29. The van der Waals surface area contributed by atoms with Gasteiger partial charge >= 0.3 is 6.18 Å². The van der Waals surface area contributed by atoms with Gasteiger partial charge in [-0.15, -0.1) is 0 Å². The number of hydrogen-bond donors (Lipinski definition) is 4. The van der Waals surface area contributed by atoms with Crippen molar-refractivity contribution in [1.82, 2.24) is 4.57 Å². The number of benzene rings is 1. The molecule has 15 heteroatoms. The first kappa shape index (κ1) is 26.5. The van der Waals surface area contributed by atoms with Crippen LogP contribution in [0.15, 0.2) is 46.3 Å². The summed E-state index contributed by atoms with van der Waals surface area (Å²) in [4.78, 5) is 29.7. The van der Waals surface area contributed by atoms with E-state index in [-0.39, 0.29) is 30.2 Å². The van der Waals surface area contributed by atoms with Gasteiger partial charge in [0, 0.05) is 12.1 Å². The van der Waals surface area contributed by atoms with E-state index in [1.54, 1.807) is 0 Å². The van der Waals surface area contributed by atoms with E-state index in [2.05, 4.69) is 9.88 Å². The Hall–Kier alpha value is -3.75. The Bertz CT molecular complexity index is 1240. The number of amides is 1. The Morgan fingerprint density at radius 1 is 1.21 bits per heavy atom. The second kappa shape index (κ2) is 10.5. The van der Waals surface area contributed by atoms with Gasteiger partial charge in [-0.1, -0.05) is 18.2 Å². The summed E-state index contributed by atoms with van der Waals surface area (Å²) in [6.45, 7) is 1.30. The van der Waals surface area contributed by atoms with E-state index in [4.69, 9.17) is 22.0 Å². The molecule has 2 aromatic rings. The van der Waals surface area contributed by atoms with Crippen molar-refractivity contribution in [3.05, 3.63) is 63.6 Å². The number of carbonyl (C=O) groups is 1. The van der Waals surface area contributed by atoms with Crippen LogP contribution in [0, 0.1) is 6.92 Å². The summed E-state index contributed by atoms with van der Waals surface area (Å²) in [7, 11) is -4.30. The molecule has 11 nitrogen and oxygen atoms in total. The predicted molar refractivity (Wildman–Crippen MR) is 118 cm³/mol. The fourth-order valence-corrected chi connectivity index (χ4v) is 4.24. The molecule has 0 saturated heterocycles. The molecule has 186 valence electrons. The van der Waals surface area contributed by atoms with Crippen molar-refractivity contribution < 1.29 is 31.2 Å². The first-order chi connectivity index (χ1) is 15.7. The van der Waals surface area contributed by atoms with Gasteiger partial charge < -0.3 is 22.0 Å². The molecule has 1 aromatic carbocycles. The Morgan fingerprint density at radius 3 is 2.47 bits per heavy atom. The molecular weight excluding hydrogens is 481 g/mol. The third-order valence-electron chi connectivity index (χ3n) is 4.49. The van der Waals surface area contributed by atoms with Gasteiger partial charge in [0.2, 0.25) is 21.9 Å². The Labute approximate surface area is 192 Å². The monoisotopic (exact) mass is 504 g/mol. The summed E-state index contributed by atoms with van der Waals surface area (Å²) in [5.74, 6) is -2.08. The van der Waals surface area contributed by atoms with Gasteiger partial charge in [0.15, 0.2) is 0 Å². The second-order valence-corrected chi connectivity index (χ2v) is 8.90. The lowest BCUT2D eigenvalue weighted by Crippen LogP contribution is -2.37. The van der Waals surface area contributed by atoms with Gasteiger partial charge in [0.05, 0.1) is 11.3 Å². The number of nitrogens with two attached hydrogens (primary N) is 3. The zero-order valence-electron chi connectivity index (χ0n) is 17.9. The summed E-state index contributed by atoms with van der Waals surface area (Å²) in [6.07, 6.45) is -4.76. The van der Waals surface area contributed by atoms with Crippen molar-refractivity contribution in [3.63, 3.8) is 0 Å². The molecule has 0 spiro atoms. The molecule has 2 rings (SSSR count). The van der Waals surface area contributed by atoms with Crippen LogP contribution in [0.1, 0.15) is 29.3 Å². The third kappa shape index (κ3) is 7.13. The molecule has 1 unspecified atom stereocenters. The Morgan fingerprint density at radius 2 is 1.88 bits per heavy atom. The van der Waals surface area contributed by atoms with E-state index < -0.39 is 50.7 Å². The van der Waals surface area contributed by atoms with E-state index in [9.17, 15) is 31.2 Å². The molecule has 0 fully saturated rings. The topological polar surface area (TPSA) is 185 Å². The van der Waals surface area contributed by atoms with Gasteiger partial charge in [-0.2, -0.15) is 13.2 Å². The molecule has 1 heterocycles. The lowest BCUT2D eigenvalue weighted by molar-refractivity contribution is -0.137. The standard InChI is InChI=1S/C19H23F3N6O5S/c1-11-5-6-14(17(30)28(11)15(16(23)29)7-8-33-26-18(24)25)27-34(31,32)10-12-3-2-4-13(9-12)19(20,21)22/h2-6,9,15,27H,7-8,10H2,1H3,(H2,23,29)(H4,24,25,26). The van der Waals surface area contributed by atoms with Gasteiger partial charge in [-0.25, -0.2) is 8.42 Å². The van der Waals surface area contributed by atoms with Crippen LogP contribution >= 0.6 is 0 Å². The Balaban J connectivity index is 2.31. The molecule has 0 saturated carbocycles. The molecule has 1 aromatic heterocycles. The van der Waals surface area contributed by atoms with Crippen molar-refractivity contribution in [2.45, 2.75) is 31.3 Å². The smallest absolute Gasteiger partial charge is 0.393 e. The molecule has 0 aliphatic heterocycles. The summed E-state index contributed by atoms with van der Waals surface area (Å²) < 4.78 is 66.9. The molecule has 1 amide bonds. The number of sulfonamides is 1. The number of rotatable bonds is 10. The van der Waals surface area contributed by atoms with Crippen molar-refractivity contribution in [3.8, 4) is 0 Å². The van der Waals surface area contributed by atoms with E-state index >= 15 is 0 Å². The first-order valence-electron chi connectivity index (χ1n) is 9.60. The highest BCUT2D eigenvalue weighted by molar-refractivity contribution is 7.91. The molecule has 34 heavy (non-hydrogen) atoms. The van der Waals surface area contributed by atoms with Crippen molar-refractivity contribution in [1.29, 1.82) is 0 Å². The van der Waals surface area contributed by atoms with Crippen LogP contribution < -0.4 is 27.5 Å². The number of pyridine rings is 1. The maximum Gasteiger partial charge on any atom is 0.416 e. The van der Waals surface area contributed by atoms with Crippen LogP contribution in [-0.2, 0) is 31.6 Å². The highest BCUT2D eigenvalue weighted by Gasteiger charge is 2.31. The van der Waals surface area contributed by atoms with Crippen LogP contribution in [-0.4, -0.2) is 31.5 Å². The van der Waals surface area contributed by atoms with Gasteiger partial charge in [0.1, 0.15) is 18.3 Å². The molecule has 0 aliphatic carbocycles. The lowest BCUT2D eigenvalue weighted by atomic mass is 10.1. The predicted octanol–water partition coefficient (Wildman–Crippen LogP) is 0.739. The average Bonchev–Trinajstić information content (AvgIpc) is 2.70. The van der Waals surface area contributed by atoms with Crippen LogP contribution in [0.3, 0.4) is 0 Å². The Kier molecular flexibility index (Phi) is 8.15. The third-order valence-corrected chi connectivity index (χ3v) is 5.73. The van der Waals surface area contributed by atoms with Crippen LogP contribution in [0.25, 0.3) is 0 Å². The number of hydrogen-bond acceptors (Lipinski definition) is 6. The quantitative estimate of drug-likeness (QED) is 0.159. The molecule has 7 N–H and O–H groups in total. The minimum absolute atomic E-state index is 0.118. The van der Waals surface area contributed by atoms with E-state index in [0.717, 1.165) is 16.7 Å². The minimum atomic E-state index is -4.65. The fraction of sp³-hybridized carbons (Fsp3) is 0.316. The number of guanidine groups is 1. The fourth-order valence-electron chi connectivity index (χ4n) is 3.05. The number of aromatic nitrogens is 1. The largest absolute Gasteiger partial charge is 0.416 e. The summed E-state index contributed by atoms with van der Waals surface area (Å²) >= 11 is 0. The first-order valence-corrected chi connectivity index (χ1v) is 11.3. The molecular formula is C19H23F3N6O5S. The van der Waals surface area contributed by atoms with Crippen LogP contribution in [0.5, 0.6) is 0 Å². The highest BCUT2D eigenvalue weighted by atomic mass is 32.2. The van der Waals surface area contributed by atoms with Gasteiger partial charge in [-0.3, -0.25) is 18.9 Å². The van der Waals surface area contributed by atoms with Crippen molar-refractivity contribution in [2.75, 3.05) is 11.3 Å². The average molecular weight is 504 g/mol. The number of carbonyl (C=O) groups excluding carboxylic acids is 1. The zero-order chi connectivity index (χ0) is 25.7. The summed E-state index contributed by atoms with van der Waals surface area (Å²) in [6, 6.07) is 5.11. The molecule has 0 aliphatic rings. The molecule has 0 bridgehead atoms. The van der Waals surface area contributed by atoms with Crippen molar-refractivity contribution in [2.24, 2.45) is 22.4 Å². The number of nitrogens with zero attached hydrogens (tertiary/aromatic N) is 2. The van der Waals surface area contributed by atoms with E-state index in [1.807, 2.05) is 0 Å². The number of aryl methyl sites for hydroxylation is 1. The van der Waals surface area contributed by atoms with Gasteiger partial charge in [-0.05, 0) is 35.8 Å². The van der Waals surface area contributed by atoms with Gasteiger partial charge in [0.25, 0.3) is 5.56 Å². The van der Waals surface area contributed by atoms with E-state index in [1.165, 1.54) is 25.1 Å². The zero-order valence-corrected chi connectivity index (χ0v) is 18.7. The van der Waals surface area contributed by atoms with E-state index in [0.29, 0.717) is 6.07 Å². The maximum absolute atomic E-state index is 13.0. The normalized spacial score (nSPS) is 12.6. The van der Waals surface area contributed by atoms with Crippen LogP contribution in [0.2, 0.25) is 0 Å². The number of anilines is 1. The lowest BCUT2D eigenvalue weighted by Gasteiger charge is -2.20. The number of nitrogens with one attached hydrogen (secondary N) is 1. The summed E-state index contributed by atoms with van der Waals surface area (Å²) in [5.41, 5.74) is 13.5. The molecule has 1 atom stereocenters. The molecule has 0 radical (unpaired) electrons. The second-order valence-electron chi connectivity index (χ2n) is 7.18. The number of primary amides is 1. The number of alkyl halides is 3. The number of oxime groups is 1. The van der Waals surface area contributed by atoms with Crippen LogP contribution in [0.4, 0.5) is 18.9 Å². The van der Waals surface area contributed by atoms with Crippen molar-refractivity contribution >= 4 is 27.6 Å². The minimum Gasteiger partial charge on any atom is -0.393 e. The SMILES string of the molecule is Cc1ccc(NS(=O)(=O)Cc2cccc(C(F)(F)F)c2)c(=O)n1C(CCON=C(N)N)C(N)=O. The maximum atomic E-state index is 13.0.